The number of anilines is 3. The summed E-state index contributed by atoms with van der Waals surface area (Å²) in [5.74, 6) is 2.09. The van der Waals surface area contributed by atoms with Crippen molar-refractivity contribution in [1.29, 1.82) is 0 Å². The summed E-state index contributed by atoms with van der Waals surface area (Å²) in [5, 5.41) is 6.43. The molecule has 3 heterocycles. The van der Waals surface area contributed by atoms with Gasteiger partial charge in [0.15, 0.2) is 5.76 Å². The fourth-order valence-corrected chi connectivity index (χ4v) is 3.14. The molecule has 1 aromatic carbocycles. The standard InChI is InChI=1S/C20H22N6O2/c21-7-9-22-15-1-3-16(4-2-15)24-20-23-8-5-17(25-20)19-11-14-12-26(13-27)10-6-18(14)28-19/h1-5,8,11,13,22H,6-7,9-10,12,21H2,(H,23,24,25). The Morgan fingerprint density at radius 3 is 2.82 bits per heavy atom. The van der Waals surface area contributed by atoms with E-state index in [1.54, 1.807) is 11.1 Å². The van der Waals surface area contributed by atoms with Crippen molar-refractivity contribution >= 4 is 23.7 Å². The van der Waals surface area contributed by atoms with Crippen molar-refractivity contribution in [2.75, 3.05) is 30.3 Å². The molecular formula is C20H22N6O2. The Balaban J connectivity index is 1.49. The Hall–Kier alpha value is -3.39. The predicted molar refractivity (Wildman–Crippen MR) is 107 cm³/mol. The molecule has 0 aliphatic carbocycles. The Bertz CT molecular complexity index is 954. The topological polar surface area (TPSA) is 109 Å². The average molecular weight is 378 g/mol. The molecule has 1 aliphatic heterocycles. The van der Waals surface area contributed by atoms with Crippen LogP contribution in [0.1, 0.15) is 11.3 Å². The fraction of sp³-hybridized carbons (Fsp3) is 0.250. The molecular weight excluding hydrogens is 356 g/mol. The molecule has 8 heteroatoms. The number of nitrogens with one attached hydrogen (secondary N) is 2. The number of rotatable bonds is 7. The first-order chi connectivity index (χ1) is 13.7. The average Bonchev–Trinajstić information content (AvgIpc) is 3.17. The highest BCUT2D eigenvalue weighted by Gasteiger charge is 2.20. The third-order valence-corrected chi connectivity index (χ3v) is 4.57. The maximum atomic E-state index is 11.0. The van der Waals surface area contributed by atoms with Crippen molar-refractivity contribution in [2.24, 2.45) is 5.73 Å². The minimum Gasteiger partial charge on any atom is -0.459 e. The van der Waals surface area contributed by atoms with E-state index >= 15 is 0 Å². The minimum absolute atomic E-state index is 0.490. The summed E-state index contributed by atoms with van der Waals surface area (Å²) in [6, 6.07) is 11.6. The number of hydrogen-bond donors (Lipinski definition) is 3. The summed E-state index contributed by atoms with van der Waals surface area (Å²) < 4.78 is 5.96. The molecule has 0 saturated heterocycles. The van der Waals surface area contributed by atoms with Crippen molar-refractivity contribution < 1.29 is 9.21 Å². The molecule has 0 radical (unpaired) electrons. The molecule has 0 atom stereocenters. The molecule has 2 aromatic heterocycles. The third-order valence-electron chi connectivity index (χ3n) is 4.57. The van der Waals surface area contributed by atoms with Crippen molar-refractivity contribution in [3.05, 3.63) is 53.9 Å². The SMILES string of the molecule is NCCNc1ccc(Nc2nccc(-c3cc4c(o3)CCN(C=O)C4)n2)cc1. The van der Waals surface area contributed by atoms with Gasteiger partial charge in [0, 0.05) is 55.7 Å². The van der Waals surface area contributed by atoms with Gasteiger partial charge < -0.3 is 25.7 Å². The van der Waals surface area contributed by atoms with E-state index in [0.717, 1.165) is 42.1 Å². The Morgan fingerprint density at radius 1 is 1.21 bits per heavy atom. The monoisotopic (exact) mass is 378 g/mol. The van der Waals surface area contributed by atoms with E-state index in [4.69, 9.17) is 10.2 Å². The normalized spacial score (nSPS) is 13.1. The second kappa shape index (κ2) is 8.10. The zero-order valence-electron chi connectivity index (χ0n) is 15.4. The van der Waals surface area contributed by atoms with Gasteiger partial charge in [-0.2, -0.15) is 0 Å². The number of nitrogens with zero attached hydrogens (tertiary/aromatic N) is 3. The number of hydrogen-bond acceptors (Lipinski definition) is 7. The highest BCUT2D eigenvalue weighted by molar-refractivity contribution is 5.61. The number of carbonyl (C=O) groups is 1. The van der Waals surface area contributed by atoms with Crippen LogP contribution in [0.5, 0.6) is 0 Å². The van der Waals surface area contributed by atoms with E-state index < -0.39 is 0 Å². The molecule has 28 heavy (non-hydrogen) atoms. The van der Waals surface area contributed by atoms with E-state index in [9.17, 15) is 4.79 Å². The molecule has 0 saturated carbocycles. The second-order valence-electron chi connectivity index (χ2n) is 6.57. The molecule has 4 N–H and O–H groups in total. The Labute approximate surface area is 162 Å². The zero-order chi connectivity index (χ0) is 19.3. The maximum absolute atomic E-state index is 11.0. The number of carbonyl (C=O) groups excluding carboxylic acids is 1. The van der Waals surface area contributed by atoms with Gasteiger partial charge in [-0.05, 0) is 36.4 Å². The van der Waals surface area contributed by atoms with Crippen LogP contribution < -0.4 is 16.4 Å². The van der Waals surface area contributed by atoms with Gasteiger partial charge >= 0.3 is 0 Å². The lowest BCUT2D eigenvalue weighted by molar-refractivity contribution is -0.119. The molecule has 0 fully saturated rings. The first kappa shape index (κ1) is 18.0. The lowest BCUT2D eigenvalue weighted by Crippen LogP contribution is -2.28. The number of amides is 1. The van der Waals surface area contributed by atoms with Gasteiger partial charge in [-0.15, -0.1) is 0 Å². The number of aromatic nitrogens is 2. The van der Waals surface area contributed by atoms with Crippen LogP contribution in [0.4, 0.5) is 17.3 Å². The van der Waals surface area contributed by atoms with Crippen molar-refractivity contribution in [3.8, 4) is 11.5 Å². The van der Waals surface area contributed by atoms with Crippen LogP contribution in [0.25, 0.3) is 11.5 Å². The number of furan rings is 1. The van der Waals surface area contributed by atoms with E-state index in [1.165, 1.54) is 0 Å². The first-order valence-corrected chi connectivity index (χ1v) is 9.20. The highest BCUT2D eigenvalue weighted by Crippen LogP contribution is 2.28. The third kappa shape index (κ3) is 3.96. The van der Waals surface area contributed by atoms with Gasteiger partial charge in [0.1, 0.15) is 11.5 Å². The quantitative estimate of drug-likeness (QED) is 0.542. The summed E-state index contributed by atoms with van der Waals surface area (Å²) in [4.78, 5) is 21.6. The molecule has 144 valence electrons. The van der Waals surface area contributed by atoms with Gasteiger partial charge in [-0.1, -0.05) is 0 Å². The van der Waals surface area contributed by atoms with Crippen LogP contribution >= 0.6 is 0 Å². The molecule has 0 spiro atoms. The lowest BCUT2D eigenvalue weighted by atomic mass is 10.1. The number of fused-ring (bicyclic) bond motifs is 1. The molecule has 0 bridgehead atoms. The van der Waals surface area contributed by atoms with E-state index in [-0.39, 0.29) is 0 Å². The van der Waals surface area contributed by atoms with Crippen LogP contribution in [0, 0.1) is 0 Å². The molecule has 1 amide bonds. The molecule has 0 unspecified atom stereocenters. The van der Waals surface area contributed by atoms with E-state index in [0.29, 0.717) is 37.0 Å². The summed E-state index contributed by atoms with van der Waals surface area (Å²) in [7, 11) is 0. The lowest BCUT2D eigenvalue weighted by Gasteiger charge is -2.21. The van der Waals surface area contributed by atoms with Gasteiger partial charge in [0.25, 0.3) is 0 Å². The zero-order valence-corrected chi connectivity index (χ0v) is 15.4. The van der Waals surface area contributed by atoms with Crippen LogP contribution in [0.2, 0.25) is 0 Å². The molecule has 1 aliphatic rings. The Kier molecular flexibility index (Phi) is 5.20. The van der Waals surface area contributed by atoms with Crippen LogP contribution in [0.3, 0.4) is 0 Å². The highest BCUT2D eigenvalue weighted by atomic mass is 16.3. The summed E-state index contributed by atoms with van der Waals surface area (Å²) in [5.41, 5.74) is 9.12. The van der Waals surface area contributed by atoms with Crippen LogP contribution in [-0.2, 0) is 17.8 Å². The molecule has 4 rings (SSSR count). The van der Waals surface area contributed by atoms with Gasteiger partial charge in [-0.3, -0.25) is 4.79 Å². The van der Waals surface area contributed by atoms with Crippen molar-refractivity contribution in [2.45, 2.75) is 13.0 Å². The second-order valence-corrected chi connectivity index (χ2v) is 6.57. The van der Waals surface area contributed by atoms with Gasteiger partial charge in [0.2, 0.25) is 12.4 Å². The van der Waals surface area contributed by atoms with E-state index in [1.807, 2.05) is 36.4 Å². The van der Waals surface area contributed by atoms with Gasteiger partial charge in [0.05, 0.1) is 0 Å². The van der Waals surface area contributed by atoms with E-state index in [2.05, 4.69) is 20.6 Å². The summed E-state index contributed by atoms with van der Waals surface area (Å²) in [6.07, 6.45) is 3.29. The summed E-state index contributed by atoms with van der Waals surface area (Å²) >= 11 is 0. The molecule has 3 aromatic rings. The summed E-state index contributed by atoms with van der Waals surface area (Å²) in [6.45, 7) is 2.57. The van der Waals surface area contributed by atoms with Crippen LogP contribution in [0.15, 0.2) is 47.0 Å². The minimum atomic E-state index is 0.490. The Morgan fingerprint density at radius 2 is 2.04 bits per heavy atom. The van der Waals surface area contributed by atoms with Crippen LogP contribution in [-0.4, -0.2) is 40.9 Å². The number of benzene rings is 1. The van der Waals surface area contributed by atoms with Crippen molar-refractivity contribution in [3.63, 3.8) is 0 Å². The predicted octanol–water partition coefficient (Wildman–Crippen LogP) is 2.37. The number of nitrogens with two attached hydrogens (primary N) is 1. The largest absolute Gasteiger partial charge is 0.459 e. The first-order valence-electron chi connectivity index (χ1n) is 9.20. The maximum Gasteiger partial charge on any atom is 0.227 e. The fourth-order valence-electron chi connectivity index (χ4n) is 3.14. The molecule has 8 nitrogen and oxygen atoms in total. The van der Waals surface area contributed by atoms with Gasteiger partial charge in [-0.25, -0.2) is 9.97 Å². The van der Waals surface area contributed by atoms with Crippen molar-refractivity contribution in [1.82, 2.24) is 14.9 Å². The smallest absolute Gasteiger partial charge is 0.227 e.